The molecule has 0 bridgehead atoms. The Morgan fingerprint density at radius 1 is 0.581 bits per heavy atom. The van der Waals surface area contributed by atoms with Crippen LogP contribution < -0.4 is 18.9 Å². The number of aliphatic hydroxyl groups is 2. The van der Waals surface area contributed by atoms with Crippen molar-refractivity contribution in [3.05, 3.63) is 148 Å². The van der Waals surface area contributed by atoms with Gasteiger partial charge in [0.05, 0.1) is 74.4 Å². The molecule has 13 nitrogen and oxygen atoms in total. The first-order chi connectivity index (χ1) is 30.2. The number of nitrogens with zero attached hydrogens (tertiary/aromatic N) is 5. The van der Waals surface area contributed by atoms with Crippen LogP contribution in [0.5, 0.6) is 23.0 Å². The van der Waals surface area contributed by atoms with Gasteiger partial charge in [0.1, 0.15) is 35.2 Å². The maximum atomic E-state index is 14.0. The van der Waals surface area contributed by atoms with Gasteiger partial charge in [0.15, 0.2) is 0 Å². The van der Waals surface area contributed by atoms with E-state index in [1.54, 1.807) is 78.9 Å². The van der Waals surface area contributed by atoms with Crippen LogP contribution in [0.1, 0.15) is 79.4 Å². The molecular weight excluding hydrogens is 787 g/mol. The molecule has 4 aliphatic rings. The number of aromatic nitrogens is 1. The maximum Gasteiger partial charge on any atom is 0.257 e. The lowest BCUT2D eigenvalue weighted by Gasteiger charge is -2.32. The van der Waals surface area contributed by atoms with Crippen LogP contribution in [0.15, 0.2) is 113 Å². The number of carbonyl (C=O) groups excluding carboxylic acids is 2. The number of fused-ring (bicyclic) bond motifs is 4. The van der Waals surface area contributed by atoms with Crippen molar-refractivity contribution >= 4 is 46.8 Å². The Labute approximate surface area is 358 Å². The fourth-order valence-electron chi connectivity index (χ4n) is 8.58. The van der Waals surface area contributed by atoms with E-state index in [-0.39, 0.29) is 46.8 Å². The molecule has 4 atom stereocenters. The maximum absolute atomic E-state index is 14.0. The molecule has 314 valence electrons. The number of aliphatic hydroxyl groups excluding tert-OH is 2. The van der Waals surface area contributed by atoms with Crippen LogP contribution in [0.2, 0.25) is 0 Å². The fraction of sp³-hybridized carbons (Fsp3) is 0.245. The summed E-state index contributed by atoms with van der Waals surface area (Å²) in [5, 5.41) is 23.7. The number of hydrogen-bond acceptors (Lipinski definition) is 11. The minimum Gasteiger partial charge on any atom is -0.497 e. The highest BCUT2D eigenvalue weighted by atomic mass is 16.5. The van der Waals surface area contributed by atoms with Gasteiger partial charge in [-0.25, -0.2) is 0 Å². The van der Waals surface area contributed by atoms with Crippen LogP contribution in [0, 0.1) is 0 Å². The highest BCUT2D eigenvalue weighted by Crippen LogP contribution is 2.41. The molecular formula is C49H45N5O8. The Balaban J connectivity index is 0.966. The van der Waals surface area contributed by atoms with Crippen molar-refractivity contribution in [2.45, 2.75) is 37.1 Å². The SMILES string of the molecule is COc1ccc(C2=CCN3C(=O)c4cc(OC)c([C@H](O)c5cccc([C@@H](O)c6cc7c(cc6OC)C(=O)N6CC=C(c8ccc(OC)cc8)C[C@H]6C=N7)n5)cc4N=C[C@@H]3C2)cc1. The van der Waals surface area contributed by atoms with E-state index in [0.717, 1.165) is 33.8 Å². The number of carbonyl (C=O) groups is 2. The molecule has 2 amide bonds. The first kappa shape index (κ1) is 40.3. The van der Waals surface area contributed by atoms with E-state index >= 15 is 0 Å². The quantitative estimate of drug-likeness (QED) is 0.147. The molecule has 0 radical (unpaired) electrons. The molecule has 62 heavy (non-hydrogen) atoms. The summed E-state index contributed by atoms with van der Waals surface area (Å²) in [6.07, 6.45) is 6.23. The summed E-state index contributed by atoms with van der Waals surface area (Å²) in [6.45, 7) is 0.810. The van der Waals surface area contributed by atoms with Crippen LogP contribution in [-0.4, -0.2) is 103 Å². The van der Waals surface area contributed by atoms with Gasteiger partial charge in [-0.05, 0) is 95.8 Å². The first-order valence-corrected chi connectivity index (χ1v) is 20.3. The van der Waals surface area contributed by atoms with Crippen molar-refractivity contribution in [2.24, 2.45) is 9.98 Å². The number of methoxy groups -OCH3 is 4. The van der Waals surface area contributed by atoms with Gasteiger partial charge < -0.3 is 39.0 Å². The van der Waals surface area contributed by atoms with E-state index in [9.17, 15) is 19.8 Å². The fourth-order valence-corrected chi connectivity index (χ4v) is 8.58. The zero-order valence-corrected chi connectivity index (χ0v) is 34.7. The molecule has 5 heterocycles. The second-order valence-electron chi connectivity index (χ2n) is 15.4. The average molecular weight is 832 g/mol. The molecule has 4 aliphatic heterocycles. The number of hydrogen-bond donors (Lipinski definition) is 2. The monoisotopic (exact) mass is 831 g/mol. The van der Waals surface area contributed by atoms with Crippen LogP contribution in [0.4, 0.5) is 11.4 Å². The molecule has 0 aliphatic carbocycles. The lowest BCUT2D eigenvalue weighted by atomic mass is 9.94. The van der Waals surface area contributed by atoms with Crippen molar-refractivity contribution in [3.8, 4) is 23.0 Å². The van der Waals surface area contributed by atoms with E-state index in [2.05, 4.69) is 12.2 Å². The molecule has 5 aromatic rings. The van der Waals surface area contributed by atoms with Gasteiger partial charge in [-0.15, -0.1) is 0 Å². The summed E-state index contributed by atoms with van der Waals surface area (Å²) in [6, 6.07) is 26.7. The topological polar surface area (TPSA) is 156 Å². The van der Waals surface area contributed by atoms with Gasteiger partial charge in [-0.2, -0.15) is 0 Å². The molecule has 0 fully saturated rings. The summed E-state index contributed by atoms with van der Waals surface area (Å²) in [4.78, 5) is 45.8. The van der Waals surface area contributed by atoms with Crippen molar-refractivity contribution in [2.75, 3.05) is 41.5 Å². The summed E-state index contributed by atoms with van der Waals surface area (Å²) < 4.78 is 22.1. The molecule has 0 unspecified atom stereocenters. The molecule has 13 heteroatoms. The predicted molar refractivity (Wildman–Crippen MR) is 235 cm³/mol. The Morgan fingerprint density at radius 3 is 1.39 bits per heavy atom. The Bertz CT molecular complexity index is 2510. The minimum absolute atomic E-state index is 0.193. The van der Waals surface area contributed by atoms with Crippen molar-refractivity contribution in [3.63, 3.8) is 0 Å². The number of aliphatic imine (C=N–C) groups is 2. The Kier molecular flexibility index (Phi) is 10.9. The van der Waals surface area contributed by atoms with Crippen LogP contribution in [0.25, 0.3) is 11.1 Å². The second kappa shape index (κ2) is 16.8. The van der Waals surface area contributed by atoms with Gasteiger partial charge >= 0.3 is 0 Å². The van der Waals surface area contributed by atoms with E-state index < -0.39 is 12.2 Å². The molecule has 0 saturated carbocycles. The Morgan fingerprint density at radius 2 is 1.00 bits per heavy atom. The van der Waals surface area contributed by atoms with Gasteiger partial charge in [0.25, 0.3) is 11.8 Å². The molecule has 0 saturated heterocycles. The molecule has 1 aromatic heterocycles. The molecule has 9 rings (SSSR count). The lowest BCUT2D eigenvalue weighted by molar-refractivity contribution is 0.0740. The van der Waals surface area contributed by atoms with Crippen molar-refractivity contribution in [1.82, 2.24) is 14.8 Å². The first-order valence-electron chi connectivity index (χ1n) is 20.3. The van der Waals surface area contributed by atoms with E-state index in [4.69, 9.17) is 33.9 Å². The van der Waals surface area contributed by atoms with Crippen LogP contribution in [-0.2, 0) is 0 Å². The highest BCUT2D eigenvalue weighted by Gasteiger charge is 2.35. The number of amides is 2. The third-order valence-corrected chi connectivity index (χ3v) is 12.0. The normalized spacial score (nSPS) is 18.8. The lowest BCUT2D eigenvalue weighted by Crippen LogP contribution is -2.43. The number of benzene rings is 4. The predicted octanol–water partition coefficient (Wildman–Crippen LogP) is 7.31. The van der Waals surface area contributed by atoms with E-state index in [1.165, 1.54) is 14.2 Å². The minimum atomic E-state index is -1.31. The number of rotatable bonds is 10. The second-order valence-corrected chi connectivity index (χ2v) is 15.4. The van der Waals surface area contributed by atoms with E-state index in [1.807, 2.05) is 48.5 Å². The Hall–Kier alpha value is -7.09. The molecule has 2 N–H and O–H groups in total. The van der Waals surface area contributed by atoms with Crippen LogP contribution in [0.3, 0.4) is 0 Å². The zero-order valence-electron chi connectivity index (χ0n) is 34.7. The van der Waals surface area contributed by atoms with Crippen molar-refractivity contribution in [1.29, 1.82) is 0 Å². The summed E-state index contributed by atoms with van der Waals surface area (Å²) in [5.41, 5.74) is 7.00. The van der Waals surface area contributed by atoms with Gasteiger partial charge in [0, 0.05) is 36.6 Å². The third-order valence-electron chi connectivity index (χ3n) is 12.0. The zero-order chi connectivity index (χ0) is 43.1. The standard InChI is InChI=1S/C49H45N5O8/c1-59-34-12-8-28(9-13-34)30-16-18-53-32(20-30)26-50-42-22-38(44(61-3)24-36(42)48(53)57)46(55)40-6-5-7-41(52-40)47(56)39-23-43-37(25-45(39)62-4)49(58)54-19-17-31(21-33(54)27-51-43)29-10-14-35(60-2)15-11-29/h5-17,22-27,32-33,46-47,55-56H,18-21H2,1-4H3/t32-,33-,46-,47-/m0/s1. The summed E-state index contributed by atoms with van der Waals surface area (Å²) in [7, 11) is 6.22. The summed E-state index contributed by atoms with van der Waals surface area (Å²) >= 11 is 0. The highest BCUT2D eigenvalue weighted by molar-refractivity contribution is 6.05. The third kappa shape index (κ3) is 7.39. The smallest absolute Gasteiger partial charge is 0.257 e. The summed E-state index contributed by atoms with van der Waals surface area (Å²) in [5.74, 6) is 1.73. The largest absolute Gasteiger partial charge is 0.497 e. The van der Waals surface area contributed by atoms with Gasteiger partial charge in [-0.1, -0.05) is 42.5 Å². The van der Waals surface area contributed by atoms with Gasteiger partial charge in [-0.3, -0.25) is 24.6 Å². The number of ether oxygens (including phenoxy) is 4. The van der Waals surface area contributed by atoms with Crippen LogP contribution >= 0.6 is 0 Å². The van der Waals surface area contributed by atoms with Crippen molar-refractivity contribution < 1.29 is 38.7 Å². The molecule has 4 aromatic carbocycles. The molecule has 0 spiro atoms. The number of pyridine rings is 1. The van der Waals surface area contributed by atoms with Gasteiger partial charge in [0.2, 0.25) is 0 Å². The average Bonchev–Trinajstić information content (AvgIpc) is 3.55. The van der Waals surface area contributed by atoms with E-state index in [0.29, 0.717) is 59.6 Å².